The van der Waals surface area contributed by atoms with Gasteiger partial charge in [0.2, 0.25) is 0 Å². The van der Waals surface area contributed by atoms with E-state index in [2.05, 4.69) is 38.2 Å². The van der Waals surface area contributed by atoms with E-state index in [1.807, 2.05) is 13.0 Å². The van der Waals surface area contributed by atoms with Crippen molar-refractivity contribution in [2.75, 3.05) is 13.7 Å². The van der Waals surface area contributed by atoms with E-state index in [0.29, 0.717) is 0 Å². The zero-order valence-corrected chi connectivity index (χ0v) is 12.8. The third-order valence-corrected chi connectivity index (χ3v) is 3.76. The van der Waals surface area contributed by atoms with Crippen molar-refractivity contribution < 1.29 is 4.74 Å². The van der Waals surface area contributed by atoms with Gasteiger partial charge in [-0.3, -0.25) is 0 Å². The fourth-order valence-electron chi connectivity index (χ4n) is 1.96. The number of rotatable bonds is 6. The van der Waals surface area contributed by atoms with Crippen LogP contribution in [0.3, 0.4) is 0 Å². The molecule has 0 aliphatic carbocycles. The van der Waals surface area contributed by atoms with Crippen molar-refractivity contribution >= 4 is 11.6 Å². The molecule has 0 bridgehead atoms. The van der Waals surface area contributed by atoms with Crippen LogP contribution in [0, 0.1) is 6.92 Å². The minimum absolute atomic E-state index is 0.139. The molecule has 1 unspecified atom stereocenters. The minimum Gasteiger partial charge on any atom is -0.377 e. The number of hydrogen-bond donors (Lipinski definition) is 1. The largest absolute Gasteiger partial charge is 0.377 e. The maximum absolute atomic E-state index is 6.22. The summed E-state index contributed by atoms with van der Waals surface area (Å²) in [4.78, 5) is 0. The highest BCUT2D eigenvalue weighted by atomic mass is 35.5. The van der Waals surface area contributed by atoms with Crippen LogP contribution in [0.4, 0.5) is 0 Å². The third-order valence-electron chi connectivity index (χ3n) is 3.35. The predicted octanol–water partition coefficient (Wildman–Crippen LogP) is 4.11. The van der Waals surface area contributed by atoms with E-state index < -0.39 is 0 Å². The minimum atomic E-state index is -0.270. The van der Waals surface area contributed by atoms with Crippen molar-refractivity contribution in [2.45, 2.75) is 45.8 Å². The van der Waals surface area contributed by atoms with Crippen LogP contribution in [0.5, 0.6) is 0 Å². The van der Waals surface area contributed by atoms with Gasteiger partial charge in [0.05, 0.1) is 11.6 Å². The molecule has 0 fully saturated rings. The van der Waals surface area contributed by atoms with Gasteiger partial charge in [0.1, 0.15) is 0 Å². The molecule has 0 spiro atoms. The van der Waals surface area contributed by atoms with Crippen LogP contribution in [0.1, 0.15) is 44.4 Å². The van der Waals surface area contributed by atoms with Crippen LogP contribution >= 0.6 is 11.6 Å². The summed E-state index contributed by atoms with van der Waals surface area (Å²) in [5.41, 5.74) is 2.00. The van der Waals surface area contributed by atoms with Crippen molar-refractivity contribution in [1.29, 1.82) is 0 Å². The Morgan fingerprint density at radius 3 is 2.56 bits per heavy atom. The normalized spacial score (nSPS) is 13.7. The molecule has 3 heteroatoms. The van der Waals surface area contributed by atoms with Gasteiger partial charge in [-0.1, -0.05) is 30.7 Å². The van der Waals surface area contributed by atoms with Gasteiger partial charge in [-0.05, 0) is 50.9 Å². The SMILES string of the molecule is CCCNC(c1ccc(C)c(Cl)c1)C(C)(C)OC. The predicted molar refractivity (Wildman–Crippen MR) is 78.3 cm³/mol. The van der Waals surface area contributed by atoms with Crippen LogP contribution < -0.4 is 5.32 Å². The lowest BCUT2D eigenvalue weighted by atomic mass is 9.91. The molecule has 18 heavy (non-hydrogen) atoms. The average Bonchev–Trinajstić information content (AvgIpc) is 2.34. The van der Waals surface area contributed by atoms with Crippen molar-refractivity contribution in [3.05, 3.63) is 34.3 Å². The van der Waals surface area contributed by atoms with Gasteiger partial charge in [0.15, 0.2) is 0 Å². The van der Waals surface area contributed by atoms with E-state index in [1.165, 1.54) is 5.56 Å². The molecule has 0 aliphatic rings. The average molecular weight is 270 g/mol. The van der Waals surface area contributed by atoms with Crippen LogP contribution in [0.25, 0.3) is 0 Å². The van der Waals surface area contributed by atoms with Crippen molar-refractivity contribution in [1.82, 2.24) is 5.32 Å². The maximum Gasteiger partial charge on any atom is 0.0816 e. The molecule has 0 saturated carbocycles. The van der Waals surface area contributed by atoms with Gasteiger partial charge in [0.25, 0.3) is 0 Å². The molecule has 0 heterocycles. The number of aryl methyl sites for hydroxylation is 1. The van der Waals surface area contributed by atoms with Gasteiger partial charge in [0, 0.05) is 12.1 Å². The topological polar surface area (TPSA) is 21.3 Å². The highest BCUT2D eigenvalue weighted by Crippen LogP contribution is 2.30. The van der Waals surface area contributed by atoms with Gasteiger partial charge in [-0.2, -0.15) is 0 Å². The van der Waals surface area contributed by atoms with Crippen LogP contribution in [-0.4, -0.2) is 19.3 Å². The lowest BCUT2D eigenvalue weighted by Gasteiger charge is -2.34. The molecule has 0 radical (unpaired) electrons. The summed E-state index contributed by atoms with van der Waals surface area (Å²) in [5.74, 6) is 0. The Kier molecular flexibility index (Phi) is 5.64. The summed E-state index contributed by atoms with van der Waals surface area (Å²) in [6.07, 6.45) is 1.09. The molecule has 102 valence electrons. The highest BCUT2D eigenvalue weighted by molar-refractivity contribution is 6.31. The van der Waals surface area contributed by atoms with Crippen LogP contribution in [0.2, 0.25) is 5.02 Å². The van der Waals surface area contributed by atoms with Gasteiger partial charge in [-0.15, -0.1) is 0 Å². The summed E-state index contributed by atoms with van der Waals surface area (Å²) in [6, 6.07) is 6.35. The van der Waals surface area contributed by atoms with Crippen molar-refractivity contribution in [3.8, 4) is 0 Å². The standard InChI is InChI=1S/C15H24ClNO/c1-6-9-17-14(15(3,4)18-5)12-8-7-11(2)13(16)10-12/h7-8,10,14,17H,6,9H2,1-5H3. The molecule has 1 aromatic carbocycles. The van der Waals surface area contributed by atoms with E-state index >= 15 is 0 Å². The highest BCUT2D eigenvalue weighted by Gasteiger charge is 2.30. The Hall–Kier alpha value is -0.570. The molecule has 0 saturated heterocycles. The lowest BCUT2D eigenvalue weighted by molar-refractivity contribution is -0.0110. The Balaban J connectivity index is 3.05. The van der Waals surface area contributed by atoms with E-state index in [9.17, 15) is 0 Å². The first-order valence-electron chi connectivity index (χ1n) is 6.47. The molecule has 2 nitrogen and oxygen atoms in total. The smallest absolute Gasteiger partial charge is 0.0816 e. The number of nitrogens with one attached hydrogen (secondary N) is 1. The van der Waals surface area contributed by atoms with Crippen molar-refractivity contribution in [3.63, 3.8) is 0 Å². The van der Waals surface area contributed by atoms with Gasteiger partial charge in [-0.25, -0.2) is 0 Å². The monoisotopic (exact) mass is 269 g/mol. The summed E-state index contributed by atoms with van der Waals surface area (Å²) >= 11 is 6.22. The van der Waals surface area contributed by atoms with E-state index in [4.69, 9.17) is 16.3 Å². The molecule has 0 aromatic heterocycles. The Morgan fingerprint density at radius 2 is 2.06 bits per heavy atom. The van der Waals surface area contributed by atoms with E-state index in [0.717, 1.165) is 23.6 Å². The van der Waals surface area contributed by atoms with E-state index in [-0.39, 0.29) is 11.6 Å². The molecular weight excluding hydrogens is 246 g/mol. The molecule has 0 aliphatic heterocycles. The second-order valence-electron chi connectivity index (χ2n) is 5.20. The summed E-state index contributed by atoms with van der Waals surface area (Å²) in [5, 5.41) is 4.35. The molecule has 1 aromatic rings. The fourth-order valence-corrected chi connectivity index (χ4v) is 2.15. The summed E-state index contributed by atoms with van der Waals surface area (Å²) in [7, 11) is 1.75. The van der Waals surface area contributed by atoms with Crippen molar-refractivity contribution in [2.24, 2.45) is 0 Å². The number of hydrogen-bond acceptors (Lipinski definition) is 2. The third kappa shape index (κ3) is 3.71. The Labute approximate surface area is 116 Å². The number of benzene rings is 1. The Bertz CT molecular complexity index is 390. The van der Waals surface area contributed by atoms with Gasteiger partial charge < -0.3 is 10.1 Å². The first kappa shape index (κ1) is 15.5. The fraction of sp³-hybridized carbons (Fsp3) is 0.600. The molecular formula is C15H24ClNO. The lowest BCUT2D eigenvalue weighted by Crippen LogP contribution is -2.41. The number of ether oxygens (including phenoxy) is 1. The van der Waals surface area contributed by atoms with Gasteiger partial charge >= 0.3 is 0 Å². The summed E-state index contributed by atoms with van der Waals surface area (Å²) < 4.78 is 5.62. The van der Waals surface area contributed by atoms with Crippen LogP contribution in [0.15, 0.2) is 18.2 Å². The number of halogens is 1. The number of methoxy groups -OCH3 is 1. The first-order valence-corrected chi connectivity index (χ1v) is 6.84. The molecule has 1 atom stereocenters. The zero-order chi connectivity index (χ0) is 13.8. The summed E-state index contributed by atoms with van der Waals surface area (Å²) in [6.45, 7) is 9.32. The quantitative estimate of drug-likeness (QED) is 0.839. The molecule has 0 amide bonds. The zero-order valence-electron chi connectivity index (χ0n) is 12.0. The second kappa shape index (κ2) is 6.55. The van der Waals surface area contributed by atoms with Crippen LogP contribution in [-0.2, 0) is 4.74 Å². The maximum atomic E-state index is 6.22. The van der Waals surface area contributed by atoms with E-state index in [1.54, 1.807) is 7.11 Å². The molecule has 1 N–H and O–H groups in total. The Morgan fingerprint density at radius 1 is 1.39 bits per heavy atom. The second-order valence-corrected chi connectivity index (χ2v) is 5.61. The first-order chi connectivity index (χ1) is 8.42. The molecule has 1 rings (SSSR count).